The van der Waals surface area contributed by atoms with Gasteiger partial charge in [0.15, 0.2) is 0 Å². The van der Waals surface area contributed by atoms with Crippen molar-refractivity contribution >= 4 is 28.6 Å². The second-order valence-electron chi connectivity index (χ2n) is 4.58. The molecule has 1 aliphatic carbocycles. The van der Waals surface area contributed by atoms with Gasteiger partial charge in [-0.15, -0.1) is 0 Å². The Hall–Kier alpha value is -0.620. The third-order valence-electron chi connectivity index (χ3n) is 3.27. The van der Waals surface area contributed by atoms with Crippen molar-refractivity contribution in [2.24, 2.45) is 0 Å². The molecular weight excluding hydrogens is 341 g/mol. The van der Waals surface area contributed by atoms with E-state index in [1.807, 2.05) is 0 Å². The van der Waals surface area contributed by atoms with E-state index in [0.29, 0.717) is 6.54 Å². The largest absolute Gasteiger partial charge is 0.468 e. The third-order valence-corrected chi connectivity index (χ3v) is 4.22. The van der Waals surface area contributed by atoms with Crippen LogP contribution in [0.3, 0.4) is 0 Å². The molecule has 1 atom stereocenters. The molecule has 0 fully saturated rings. The zero-order chi connectivity index (χ0) is 13.0. The average Bonchev–Trinajstić information content (AvgIpc) is 2.85. The number of hydrogen-bond donors (Lipinski definition) is 1. The summed E-state index contributed by atoms with van der Waals surface area (Å²) in [5.74, 6) is -0.169. The summed E-state index contributed by atoms with van der Waals surface area (Å²) < 4.78 is 4.57. The molecule has 0 aromatic heterocycles. The van der Waals surface area contributed by atoms with Crippen LogP contribution in [0.2, 0.25) is 0 Å². The molecule has 1 unspecified atom stereocenters. The minimum atomic E-state index is -0.169. The van der Waals surface area contributed by atoms with Gasteiger partial charge in [-0.2, -0.15) is 0 Å². The molecule has 1 aromatic rings. The van der Waals surface area contributed by atoms with Gasteiger partial charge >= 0.3 is 5.97 Å². The van der Waals surface area contributed by atoms with Crippen molar-refractivity contribution in [1.82, 2.24) is 5.32 Å². The van der Waals surface area contributed by atoms with Gasteiger partial charge in [-0.3, -0.25) is 4.79 Å². The van der Waals surface area contributed by atoms with E-state index in [1.165, 1.54) is 43.1 Å². The number of carbonyl (C=O) groups excluding carboxylic acids is 1. The number of hydrogen-bond acceptors (Lipinski definition) is 3. The summed E-state index contributed by atoms with van der Waals surface area (Å²) in [5.41, 5.74) is 4.29. The normalized spacial score (nSPS) is 15.2. The molecule has 1 N–H and O–H groups in total. The van der Waals surface area contributed by atoms with Crippen molar-refractivity contribution in [3.05, 3.63) is 34.9 Å². The molecule has 0 aliphatic heterocycles. The van der Waals surface area contributed by atoms with Crippen LogP contribution in [0, 0.1) is 0 Å². The first-order valence-corrected chi connectivity index (χ1v) is 7.48. The van der Waals surface area contributed by atoms with E-state index in [9.17, 15) is 4.79 Å². The highest BCUT2D eigenvalue weighted by molar-refractivity contribution is 14.1. The monoisotopic (exact) mass is 359 g/mol. The van der Waals surface area contributed by atoms with Crippen LogP contribution >= 0.6 is 22.6 Å². The van der Waals surface area contributed by atoms with Crippen LogP contribution < -0.4 is 5.32 Å². The lowest BCUT2D eigenvalue weighted by Gasteiger charge is -2.10. The molecule has 1 aliphatic rings. The van der Waals surface area contributed by atoms with Crippen molar-refractivity contribution in [2.45, 2.75) is 29.7 Å². The summed E-state index contributed by atoms with van der Waals surface area (Å²) in [6.45, 7) is 1.45. The highest BCUT2D eigenvalue weighted by Crippen LogP contribution is 2.22. The summed E-state index contributed by atoms with van der Waals surface area (Å²) in [6, 6.07) is 6.70. The molecular formula is C14H18INO2. The molecule has 0 bridgehead atoms. The molecule has 4 heteroatoms. The van der Waals surface area contributed by atoms with Gasteiger partial charge in [0.05, 0.1) is 7.11 Å². The zero-order valence-electron chi connectivity index (χ0n) is 10.5. The van der Waals surface area contributed by atoms with Crippen molar-refractivity contribution in [3.63, 3.8) is 0 Å². The Kier molecular flexibility index (Phi) is 5.00. The highest BCUT2D eigenvalue weighted by Gasteiger charge is 2.14. The molecule has 0 amide bonds. The van der Waals surface area contributed by atoms with Crippen LogP contribution in [0.1, 0.15) is 23.1 Å². The first-order valence-electron chi connectivity index (χ1n) is 6.24. The highest BCUT2D eigenvalue weighted by atomic mass is 127. The molecule has 18 heavy (non-hydrogen) atoms. The fourth-order valence-corrected chi connectivity index (χ4v) is 2.86. The van der Waals surface area contributed by atoms with Gasteiger partial charge in [-0.1, -0.05) is 40.8 Å². The molecule has 0 radical (unpaired) electrons. The minimum absolute atomic E-state index is 0.123. The molecule has 1 aromatic carbocycles. The second-order valence-corrected chi connectivity index (χ2v) is 6.08. The van der Waals surface area contributed by atoms with E-state index in [-0.39, 0.29) is 9.89 Å². The summed E-state index contributed by atoms with van der Waals surface area (Å²) in [4.78, 5) is 11.2. The van der Waals surface area contributed by atoms with Crippen molar-refractivity contribution in [3.8, 4) is 0 Å². The minimum Gasteiger partial charge on any atom is -0.468 e. The van der Waals surface area contributed by atoms with Crippen LogP contribution in [0.4, 0.5) is 0 Å². The Morgan fingerprint density at radius 2 is 2.22 bits per heavy atom. The van der Waals surface area contributed by atoms with Gasteiger partial charge in [-0.25, -0.2) is 0 Å². The van der Waals surface area contributed by atoms with Crippen LogP contribution in [0.15, 0.2) is 18.2 Å². The quantitative estimate of drug-likeness (QED) is 0.498. The number of carbonyl (C=O) groups is 1. The van der Waals surface area contributed by atoms with Crippen molar-refractivity contribution in [1.29, 1.82) is 0 Å². The van der Waals surface area contributed by atoms with Crippen LogP contribution in [0.25, 0.3) is 0 Å². The molecule has 0 spiro atoms. The van der Waals surface area contributed by atoms with Crippen molar-refractivity contribution < 1.29 is 9.53 Å². The number of ether oxygens (including phenoxy) is 1. The first-order chi connectivity index (χ1) is 8.70. The Labute approximate surface area is 121 Å². The predicted octanol–water partition coefficient (Wildman–Crippen LogP) is 2.24. The maximum atomic E-state index is 11.2. The van der Waals surface area contributed by atoms with Crippen LogP contribution in [-0.4, -0.2) is 23.5 Å². The van der Waals surface area contributed by atoms with E-state index >= 15 is 0 Å². The number of alkyl halides is 1. The Balaban J connectivity index is 1.82. The van der Waals surface area contributed by atoms with E-state index < -0.39 is 0 Å². The number of rotatable bonds is 5. The lowest BCUT2D eigenvalue weighted by atomic mass is 10.1. The molecule has 0 saturated heterocycles. The van der Waals surface area contributed by atoms with E-state index in [0.717, 1.165) is 6.54 Å². The van der Waals surface area contributed by atoms with Gasteiger partial charge in [0.2, 0.25) is 0 Å². The smallest absolute Gasteiger partial charge is 0.319 e. The number of halogens is 1. The maximum Gasteiger partial charge on any atom is 0.319 e. The molecule has 2 rings (SSSR count). The van der Waals surface area contributed by atoms with E-state index in [1.54, 1.807) is 0 Å². The summed E-state index contributed by atoms with van der Waals surface area (Å²) in [6.07, 6.45) is 3.71. The van der Waals surface area contributed by atoms with Gasteiger partial charge in [0, 0.05) is 13.1 Å². The number of nitrogens with one attached hydrogen (secondary N) is 1. The standard InChI is InChI=1S/C14H18INO2/c1-18-14(17)13(15)9-16-8-10-5-6-11-3-2-4-12(11)7-10/h5-7,13,16H,2-4,8-9H2,1H3. The summed E-state index contributed by atoms with van der Waals surface area (Å²) in [7, 11) is 1.43. The number of benzene rings is 1. The number of esters is 1. The first kappa shape index (κ1) is 13.8. The van der Waals surface area contributed by atoms with E-state index in [4.69, 9.17) is 0 Å². The molecule has 0 saturated carbocycles. The maximum absolute atomic E-state index is 11.2. The Bertz CT molecular complexity index is 434. The van der Waals surface area contributed by atoms with Gasteiger partial charge in [0.25, 0.3) is 0 Å². The van der Waals surface area contributed by atoms with Crippen LogP contribution in [-0.2, 0) is 28.9 Å². The van der Waals surface area contributed by atoms with Gasteiger partial charge in [-0.05, 0) is 36.0 Å². The van der Waals surface area contributed by atoms with Gasteiger partial charge < -0.3 is 10.1 Å². The second kappa shape index (κ2) is 6.52. The fourth-order valence-electron chi connectivity index (χ4n) is 2.29. The predicted molar refractivity (Wildman–Crippen MR) is 80.0 cm³/mol. The molecule has 0 heterocycles. The SMILES string of the molecule is COC(=O)C(I)CNCc1ccc2c(c1)CCC2. The van der Waals surface area contributed by atoms with Gasteiger partial charge in [0.1, 0.15) is 3.92 Å². The third kappa shape index (κ3) is 3.45. The topological polar surface area (TPSA) is 38.3 Å². The molecule has 3 nitrogen and oxygen atoms in total. The lowest BCUT2D eigenvalue weighted by Crippen LogP contribution is -2.29. The number of aryl methyl sites for hydroxylation is 2. The Morgan fingerprint density at radius 3 is 3.00 bits per heavy atom. The summed E-state index contributed by atoms with van der Waals surface area (Å²) in [5, 5.41) is 3.30. The van der Waals surface area contributed by atoms with Crippen LogP contribution in [0.5, 0.6) is 0 Å². The van der Waals surface area contributed by atoms with Crippen molar-refractivity contribution in [2.75, 3.05) is 13.7 Å². The van der Waals surface area contributed by atoms with E-state index in [2.05, 4.69) is 50.8 Å². The Morgan fingerprint density at radius 1 is 1.44 bits per heavy atom. The average molecular weight is 359 g/mol. The summed E-state index contributed by atoms with van der Waals surface area (Å²) >= 11 is 2.10. The fraction of sp³-hybridized carbons (Fsp3) is 0.500. The molecule has 98 valence electrons. The zero-order valence-corrected chi connectivity index (χ0v) is 12.7. The number of methoxy groups -OCH3 is 1. The lowest BCUT2D eigenvalue weighted by molar-refractivity contribution is -0.139. The number of fused-ring (bicyclic) bond motifs is 1.